The fourth-order valence-electron chi connectivity index (χ4n) is 1.77. The Balaban J connectivity index is 2.21. The topological polar surface area (TPSA) is 54.9 Å². The zero-order valence-corrected chi connectivity index (χ0v) is 14.4. The van der Waals surface area contributed by atoms with E-state index in [1.165, 1.54) is 0 Å². The van der Waals surface area contributed by atoms with Crippen LogP contribution in [0.4, 0.5) is 0 Å². The second kappa shape index (κ2) is 9.30. The molecule has 0 fully saturated rings. The van der Waals surface area contributed by atoms with Gasteiger partial charge in [-0.15, -0.1) is 0 Å². The number of nitrogens with one attached hydrogen (secondary N) is 2. The Morgan fingerprint density at radius 3 is 2.59 bits per heavy atom. The molecule has 0 aromatic heterocycles. The summed E-state index contributed by atoms with van der Waals surface area (Å²) in [4.78, 5) is 4.19. The molecule has 0 radical (unpaired) electrons. The Morgan fingerprint density at radius 2 is 1.95 bits per heavy atom. The van der Waals surface area contributed by atoms with Gasteiger partial charge in [-0.2, -0.15) is 0 Å². The number of para-hydroxylation sites is 1. The van der Waals surface area contributed by atoms with Crippen molar-refractivity contribution in [2.24, 2.45) is 4.99 Å². The van der Waals surface area contributed by atoms with E-state index in [1.807, 2.05) is 32.0 Å². The van der Waals surface area contributed by atoms with Gasteiger partial charge in [-0.1, -0.05) is 18.2 Å². The van der Waals surface area contributed by atoms with Gasteiger partial charge in [0.15, 0.2) is 5.96 Å². The van der Waals surface area contributed by atoms with Crippen LogP contribution < -0.4 is 15.4 Å². The van der Waals surface area contributed by atoms with Crippen molar-refractivity contribution >= 4 is 5.96 Å². The molecule has 0 aliphatic rings. The Bertz CT molecular complexity index is 473. The number of guanidine groups is 1. The molecule has 0 aliphatic heterocycles. The van der Waals surface area contributed by atoms with Gasteiger partial charge in [0.1, 0.15) is 5.75 Å². The lowest BCUT2D eigenvalue weighted by atomic mass is 10.1. The number of ether oxygens (including phenoxy) is 2. The average molecular weight is 307 g/mol. The maximum atomic E-state index is 5.76. The minimum absolute atomic E-state index is 0.217. The highest BCUT2D eigenvalue weighted by atomic mass is 16.5. The number of benzene rings is 1. The largest absolute Gasteiger partial charge is 0.493 e. The van der Waals surface area contributed by atoms with Crippen molar-refractivity contribution in [3.8, 4) is 5.75 Å². The minimum atomic E-state index is -0.217. The summed E-state index contributed by atoms with van der Waals surface area (Å²) >= 11 is 0. The Morgan fingerprint density at radius 1 is 1.23 bits per heavy atom. The first-order valence-electron chi connectivity index (χ1n) is 7.66. The number of rotatable bonds is 8. The molecule has 0 unspecified atom stereocenters. The third kappa shape index (κ3) is 6.80. The van der Waals surface area contributed by atoms with E-state index in [0.29, 0.717) is 13.2 Å². The highest BCUT2D eigenvalue weighted by Gasteiger charge is 2.16. The fraction of sp³-hybridized carbons (Fsp3) is 0.588. The third-order valence-electron chi connectivity index (χ3n) is 3.42. The maximum Gasteiger partial charge on any atom is 0.191 e. The first-order valence-corrected chi connectivity index (χ1v) is 7.66. The van der Waals surface area contributed by atoms with Crippen LogP contribution in [0.25, 0.3) is 0 Å². The molecule has 1 rings (SSSR count). The standard InChI is InChI=1S/C17H29N3O2/c1-14-9-6-7-10-15(14)22-12-8-11-19-16(18-4)20-13-17(2,3)21-5/h6-7,9-10H,8,11-13H2,1-5H3,(H2,18,19,20). The number of hydrogen-bond donors (Lipinski definition) is 2. The van der Waals surface area contributed by atoms with Crippen LogP contribution in [-0.4, -0.2) is 45.4 Å². The number of aryl methyl sites for hydroxylation is 1. The smallest absolute Gasteiger partial charge is 0.191 e. The molecule has 5 heteroatoms. The van der Waals surface area contributed by atoms with Gasteiger partial charge in [0.25, 0.3) is 0 Å². The van der Waals surface area contributed by atoms with Crippen molar-refractivity contribution < 1.29 is 9.47 Å². The summed E-state index contributed by atoms with van der Waals surface area (Å²) < 4.78 is 11.1. The van der Waals surface area contributed by atoms with E-state index >= 15 is 0 Å². The van der Waals surface area contributed by atoms with Crippen LogP contribution in [0.3, 0.4) is 0 Å². The molecule has 1 aromatic carbocycles. The normalized spacial score (nSPS) is 12.1. The summed E-state index contributed by atoms with van der Waals surface area (Å²) in [5, 5.41) is 6.52. The summed E-state index contributed by atoms with van der Waals surface area (Å²) in [6, 6.07) is 8.05. The monoisotopic (exact) mass is 307 g/mol. The number of methoxy groups -OCH3 is 1. The van der Waals surface area contributed by atoms with E-state index < -0.39 is 0 Å². The number of aliphatic imine (C=N–C) groups is 1. The Hall–Kier alpha value is -1.75. The third-order valence-corrected chi connectivity index (χ3v) is 3.42. The lowest BCUT2D eigenvalue weighted by Crippen LogP contribution is -2.45. The number of hydrogen-bond acceptors (Lipinski definition) is 3. The van der Waals surface area contributed by atoms with Crippen molar-refractivity contribution in [1.82, 2.24) is 10.6 Å². The quantitative estimate of drug-likeness (QED) is 0.440. The molecule has 5 nitrogen and oxygen atoms in total. The second-order valence-electron chi connectivity index (χ2n) is 5.78. The molecule has 0 saturated heterocycles. The Labute approximate surface area is 134 Å². The van der Waals surface area contributed by atoms with Gasteiger partial charge >= 0.3 is 0 Å². The summed E-state index contributed by atoms with van der Waals surface area (Å²) in [6.45, 7) is 8.30. The van der Waals surface area contributed by atoms with Crippen molar-refractivity contribution in [3.63, 3.8) is 0 Å². The van der Waals surface area contributed by atoms with E-state index in [2.05, 4.69) is 28.6 Å². The zero-order valence-electron chi connectivity index (χ0n) is 14.4. The highest BCUT2D eigenvalue weighted by molar-refractivity contribution is 5.79. The molecule has 0 saturated carbocycles. The first kappa shape index (κ1) is 18.3. The summed E-state index contributed by atoms with van der Waals surface area (Å²) in [5.41, 5.74) is 0.945. The molecular weight excluding hydrogens is 278 g/mol. The zero-order chi connectivity index (χ0) is 16.4. The van der Waals surface area contributed by atoms with Crippen LogP contribution in [-0.2, 0) is 4.74 Å². The summed E-state index contributed by atoms with van der Waals surface area (Å²) in [6.07, 6.45) is 0.905. The van der Waals surface area contributed by atoms with Crippen molar-refractivity contribution in [2.45, 2.75) is 32.8 Å². The second-order valence-corrected chi connectivity index (χ2v) is 5.78. The van der Waals surface area contributed by atoms with Crippen LogP contribution in [0.15, 0.2) is 29.3 Å². The molecule has 22 heavy (non-hydrogen) atoms. The predicted molar refractivity (Wildman–Crippen MR) is 91.7 cm³/mol. The van der Waals surface area contributed by atoms with E-state index in [1.54, 1.807) is 14.2 Å². The summed E-state index contributed by atoms with van der Waals surface area (Å²) in [7, 11) is 3.47. The van der Waals surface area contributed by atoms with Gasteiger partial charge < -0.3 is 20.1 Å². The van der Waals surface area contributed by atoms with Crippen LogP contribution in [0.1, 0.15) is 25.8 Å². The van der Waals surface area contributed by atoms with Gasteiger partial charge in [0.2, 0.25) is 0 Å². The molecule has 0 heterocycles. The van der Waals surface area contributed by atoms with E-state index in [-0.39, 0.29) is 5.60 Å². The molecular formula is C17H29N3O2. The first-order chi connectivity index (χ1) is 10.5. The Kier molecular flexibility index (Phi) is 7.74. The molecule has 0 spiro atoms. The number of nitrogens with zero attached hydrogens (tertiary/aromatic N) is 1. The van der Waals surface area contributed by atoms with Crippen molar-refractivity contribution in [1.29, 1.82) is 0 Å². The van der Waals surface area contributed by atoms with Crippen molar-refractivity contribution in [2.75, 3.05) is 33.9 Å². The van der Waals surface area contributed by atoms with Crippen LogP contribution in [0.2, 0.25) is 0 Å². The lowest BCUT2D eigenvalue weighted by Gasteiger charge is -2.24. The minimum Gasteiger partial charge on any atom is -0.493 e. The van der Waals surface area contributed by atoms with Gasteiger partial charge in [-0.05, 0) is 38.8 Å². The molecule has 0 amide bonds. The fourth-order valence-corrected chi connectivity index (χ4v) is 1.77. The van der Waals surface area contributed by atoms with Crippen LogP contribution in [0.5, 0.6) is 5.75 Å². The molecule has 124 valence electrons. The lowest BCUT2D eigenvalue weighted by molar-refractivity contribution is 0.0268. The van der Waals surface area contributed by atoms with Gasteiger partial charge in [0, 0.05) is 27.2 Å². The molecule has 0 aliphatic carbocycles. The summed E-state index contributed by atoms with van der Waals surface area (Å²) in [5.74, 6) is 1.73. The van der Waals surface area contributed by atoms with E-state index in [4.69, 9.17) is 9.47 Å². The van der Waals surface area contributed by atoms with Crippen LogP contribution >= 0.6 is 0 Å². The highest BCUT2D eigenvalue weighted by Crippen LogP contribution is 2.15. The molecule has 2 N–H and O–H groups in total. The average Bonchev–Trinajstić information content (AvgIpc) is 2.51. The SMILES string of the molecule is CN=C(NCCCOc1ccccc1C)NCC(C)(C)OC. The van der Waals surface area contributed by atoms with Gasteiger partial charge in [-0.3, -0.25) is 4.99 Å². The van der Waals surface area contributed by atoms with Crippen LogP contribution in [0, 0.1) is 6.92 Å². The molecule has 0 bridgehead atoms. The van der Waals surface area contributed by atoms with E-state index in [9.17, 15) is 0 Å². The van der Waals surface area contributed by atoms with Gasteiger partial charge in [-0.25, -0.2) is 0 Å². The molecule has 0 atom stereocenters. The maximum absolute atomic E-state index is 5.76. The van der Waals surface area contributed by atoms with E-state index in [0.717, 1.165) is 30.2 Å². The molecule has 1 aromatic rings. The van der Waals surface area contributed by atoms with Crippen molar-refractivity contribution in [3.05, 3.63) is 29.8 Å². The predicted octanol–water partition coefficient (Wildman–Crippen LogP) is 2.35. The van der Waals surface area contributed by atoms with Gasteiger partial charge in [0.05, 0.1) is 12.2 Å².